The van der Waals surface area contributed by atoms with Crippen LogP contribution < -0.4 is 10.2 Å². The third-order valence-electron chi connectivity index (χ3n) is 6.35. The molecule has 1 amide bonds. The smallest absolute Gasteiger partial charge is 0.266 e. The summed E-state index contributed by atoms with van der Waals surface area (Å²) >= 11 is 12.7. The maximum Gasteiger partial charge on any atom is 0.266 e. The van der Waals surface area contributed by atoms with Crippen LogP contribution in [0.5, 0.6) is 5.75 Å². The number of amides is 1. The number of hydrazine groups is 1. The molecule has 2 aliphatic rings. The van der Waals surface area contributed by atoms with E-state index in [1.54, 1.807) is 24.3 Å². The summed E-state index contributed by atoms with van der Waals surface area (Å²) in [7, 11) is 0. The first kappa shape index (κ1) is 26.5. The van der Waals surface area contributed by atoms with E-state index >= 15 is 0 Å². The summed E-state index contributed by atoms with van der Waals surface area (Å²) < 4.78 is 12.0. The monoisotopic (exact) mass is 531 g/mol. The molecule has 0 aromatic heterocycles. The lowest BCUT2D eigenvalue weighted by atomic mass is 9.84. The van der Waals surface area contributed by atoms with Gasteiger partial charge in [-0.05, 0) is 49.2 Å². The number of aliphatic hydroxyl groups excluding tert-OH is 1. The van der Waals surface area contributed by atoms with Gasteiger partial charge in [-0.15, -0.1) is 6.58 Å². The van der Waals surface area contributed by atoms with Gasteiger partial charge >= 0.3 is 0 Å². The zero-order valence-electron chi connectivity index (χ0n) is 20.1. The Labute approximate surface area is 221 Å². The number of aliphatic hydroxyl groups is 1. The Morgan fingerprint density at radius 3 is 2.64 bits per heavy atom. The van der Waals surface area contributed by atoms with Gasteiger partial charge < -0.3 is 14.6 Å². The number of nitrogens with one attached hydrogen (secondary N) is 1. The molecule has 4 rings (SSSR count). The third kappa shape index (κ3) is 5.86. The van der Waals surface area contributed by atoms with Gasteiger partial charge in [0.25, 0.3) is 5.91 Å². The molecule has 9 heteroatoms. The van der Waals surface area contributed by atoms with Crippen LogP contribution in [0.25, 0.3) is 0 Å². The molecule has 0 radical (unpaired) electrons. The summed E-state index contributed by atoms with van der Waals surface area (Å²) in [5, 5.41) is 11.8. The lowest BCUT2D eigenvalue weighted by molar-refractivity contribution is -0.134. The van der Waals surface area contributed by atoms with Crippen LogP contribution in [0.3, 0.4) is 0 Å². The maximum atomic E-state index is 13.9. The predicted molar refractivity (Wildman–Crippen MR) is 142 cm³/mol. The second kappa shape index (κ2) is 12.1. The molecular formula is C27H31Cl2N3O4. The molecule has 1 saturated heterocycles. The van der Waals surface area contributed by atoms with E-state index in [0.717, 1.165) is 32.4 Å². The number of aliphatic imine (C=N–C) groups is 1. The van der Waals surface area contributed by atoms with E-state index in [1.165, 1.54) is 0 Å². The molecule has 2 atom stereocenters. The molecule has 1 fully saturated rings. The van der Waals surface area contributed by atoms with Gasteiger partial charge in [-0.25, -0.2) is 10.0 Å². The number of piperidine rings is 1. The van der Waals surface area contributed by atoms with Gasteiger partial charge in [0.05, 0.1) is 6.61 Å². The Bertz CT molecular complexity index is 1100. The van der Waals surface area contributed by atoms with E-state index in [9.17, 15) is 4.79 Å². The number of ether oxygens (including phenoxy) is 2. The highest BCUT2D eigenvalue weighted by Crippen LogP contribution is 2.45. The van der Waals surface area contributed by atoms with Gasteiger partial charge in [-0.2, -0.15) is 0 Å². The molecule has 2 aromatic rings. The van der Waals surface area contributed by atoms with Crippen molar-refractivity contribution >= 4 is 35.0 Å². The van der Waals surface area contributed by atoms with Gasteiger partial charge in [-0.1, -0.05) is 41.8 Å². The minimum absolute atomic E-state index is 0.0717. The largest absolute Gasteiger partial charge is 0.494 e. The first-order valence-corrected chi connectivity index (χ1v) is 12.9. The average Bonchev–Trinajstić information content (AvgIpc) is 3.26. The first-order chi connectivity index (χ1) is 17.5. The number of carbonyl (C=O) groups excluding carboxylic acids is 1. The number of halogens is 2. The molecule has 0 bridgehead atoms. The molecule has 0 aliphatic carbocycles. The van der Waals surface area contributed by atoms with Crippen LogP contribution >= 0.6 is 23.2 Å². The fraction of sp³-hybridized carbons (Fsp3) is 0.407. The topological polar surface area (TPSA) is 83.4 Å². The van der Waals surface area contributed by atoms with Crippen molar-refractivity contribution in [2.24, 2.45) is 4.99 Å². The zero-order valence-corrected chi connectivity index (χ0v) is 21.6. The van der Waals surface area contributed by atoms with Crippen molar-refractivity contribution in [1.82, 2.24) is 10.4 Å². The van der Waals surface area contributed by atoms with E-state index in [4.69, 9.17) is 42.8 Å². The average molecular weight is 532 g/mol. The quantitative estimate of drug-likeness (QED) is 0.329. The zero-order chi connectivity index (χ0) is 25.5. The minimum atomic E-state index is -1.30. The Morgan fingerprint density at radius 1 is 1.22 bits per heavy atom. The predicted octanol–water partition coefficient (Wildman–Crippen LogP) is 5.10. The summed E-state index contributed by atoms with van der Waals surface area (Å²) in [6, 6.07) is 12.4. The summed E-state index contributed by atoms with van der Waals surface area (Å²) in [5.74, 6) is 0.742. The number of hydrogen-bond acceptors (Lipinski definition) is 6. The molecule has 36 heavy (non-hydrogen) atoms. The summed E-state index contributed by atoms with van der Waals surface area (Å²) in [5.41, 5.74) is 3.10. The molecule has 0 unspecified atom stereocenters. The van der Waals surface area contributed by atoms with Gasteiger partial charge in [-0.3, -0.25) is 10.2 Å². The van der Waals surface area contributed by atoms with Gasteiger partial charge in [0, 0.05) is 53.7 Å². The van der Waals surface area contributed by atoms with E-state index in [-0.39, 0.29) is 18.9 Å². The Kier molecular flexibility index (Phi) is 8.90. The van der Waals surface area contributed by atoms with Crippen LogP contribution in [0.15, 0.2) is 60.1 Å². The molecule has 0 spiro atoms. The highest BCUT2D eigenvalue weighted by atomic mass is 35.5. The summed E-state index contributed by atoms with van der Waals surface area (Å²) in [6.45, 7) is 5.97. The van der Waals surface area contributed by atoms with E-state index in [2.05, 4.69) is 12.0 Å². The standard InChI is InChI=1S/C27H31Cl2N3O4/c1-2-13-27(26(34)31-32-14-4-3-5-15-32)24(22-12-9-20(28)18-23(22)29)36-25(30-27)19-7-10-21(11-8-19)35-17-6-16-33/h2,7-12,18,24,33H,1,3-6,13-17H2,(H,31,34)/t24-,27-/m0/s1. The number of nitrogens with zero attached hydrogens (tertiary/aromatic N) is 2. The van der Waals surface area contributed by atoms with Crippen molar-refractivity contribution in [2.75, 3.05) is 26.3 Å². The van der Waals surface area contributed by atoms with E-state index in [1.807, 2.05) is 29.3 Å². The maximum absolute atomic E-state index is 13.9. The lowest BCUT2D eigenvalue weighted by Gasteiger charge is -2.34. The second-order valence-electron chi connectivity index (χ2n) is 8.94. The molecular weight excluding hydrogens is 501 g/mol. The number of hydrogen-bond donors (Lipinski definition) is 2. The van der Waals surface area contributed by atoms with E-state index in [0.29, 0.717) is 45.8 Å². The highest BCUT2D eigenvalue weighted by molar-refractivity contribution is 6.35. The van der Waals surface area contributed by atoms with Crippen molar-refractivity contribution in [3.05, 3.63) is 76.3 Å². The molecule has 2 N–H and O–H groups in total. The Balaban J connectivity index is 1.69. The van der Waals surface area contributed by atoms with Crippen molar-refractivity contribution in [1.29, 1.82) is 0 Å². The SMILES string of the molecule is C=CC[C@]1(C(=O)NN2CCCCC2)N=C(c2ccc(OCCCO)cc2)O[C@H]1c1ccc(Cl)cc1Cl. The fourth-order valence-corrected chi connectivity index (χ4v) is 4.98. The number of carbonyl (C=O) groups is 1. The van der Waals surface area contributed by atoms with Crippen LogP contribution in [0.1, 0.15) is 49.3 Å². The van der Waals surface area contributed by atoms with E-state index < -0.39 is 11.6 Å². The van der Waals surface area contributed by atoms with Crippen LogP contribution in [0, 0.1) is 0 Å². The summed E-state index contributed by atoms with van der Waals surface area (Å²) in [4.78, 5) is 18.8. The Morgan fingerprint density at radius 2 is 1.97 bits per heavy atom. The van der Waals surface area contributed by atoms with Crippen molar-refractivity contribution in [3.63, 3.8) is 0 Å². The normalized spacial score (nSPS) is 22.0. The summed E-state index contributed by atoms with van der Waals surface area (Å²) in [6.07, 6.45) is 4.91. The first-order valence-electron chi connectivity index (χ1n) is 12.2. The number of rotatable bonds is 10. The fourth-order valence-electron chi connectivity index (χ4n) is 4.47. The van der Waals surface area contributed by atoms with Gasteiger partial charge in [0.1, 0.15) is 5.75 Å². The van der Waals surface area contributed by atoms with Crippen LogP contribution in [0.4, 0.5) is 0 Å². The molecule has 2 heterocycles. The van der Waals surface area contributed by atoms with Crippen molar-refractivity contribution in [3.8, 4) is 5.75 Å². The number of benzene rings is 2. The lowest BCUT2D eigenvalue weighted by Crippen LogP contribution is -2.55. The molecule has 0 saturated carbocycles. The van der Waals surface area contributed by atoms with Crippen LogP contribution in [-0.2, 0) is 9.53 Å². The third-order valence-corrected chi connectivity index (χ3v) is 6.91. The Hall–Kier alpha value is -2.58. The highest BCUT2D eigenvalue weighted by Gasteiger charge is 2.53. The van der Waals surface area contributed by atoms with Crippen molar-refractivity contribution in [2.45, 2.75) is 43.7 Å². The van der Waals surface area contributed by atoms with Crippen LogP contribution in [0.2, 0.25) is 10.0 Å². The molecule has 7 nitrogen and oxygen atoms in total. The van der Waals surface area contributed by atoms with Crippen LogP contribution in [-0.4, -0.2) is 53.8 Å². The molecule has 2 aromatic carbocycles. The minimum Gasteiger partial charge on any atom is -0.494 e. The second-order valence-corrected chi connectivity index (χ2v) is 9.78. The van der Waals surface area contributed by atoms with Crippen molar-refractivity contribution < 1.29 is 19.4 Å². The van der Waals surface area contributed by atoms with Gasteiger partial charge in [0.2, 0.25) is 5.90 Å². The van der Waals surface area contributed by atoms with Gasteiger partial charge in [0.15, 0.2) is 11.6 Å². The molecule has 192 valence electrons. The molecule has 2 aliphatic heterocycles.